The Bertz CT molecular complexity index is 1370. The van der Waals surface area contributed by atoms with Crippen LogP contribution in [-0.2, 0) is 48.4 Å². The first-order chi connectivity index (χ1) is 21.8. The van der Waals surface area contributed by atoms with Crippen LogP contribution in [0.25, 0.3) is 10.4 Å². The van der Waals surface area contributed by atoms with E-state index < -0.39 is 54.2 Å². The zero-order chi connectivity index (χ0) is 32.2. The molecule has 5 atom stereocenters. The fourth-order valence-electron chi connectivity index (χ4n) is 5.35. The highest BCUT2D eigenvalue weighted by Crippen LogP contribution is 2.41. The fourth-order valence-corrected chi connectivity index (χ4v) is 5.35. The van der Waals surface area contributed by atoms with Crippen LogP contribution in [0.5, 0.6) is 0 Å². The molecule has 1 fully saturated rings. The van der Waals surface area contributed by atoms with E-state index in [1.54, 1.807) is 0 Å². The van der Waals surface area contributed by atoms with Crippen LogP contribution in [0.15, 0.2) is 96.1 Å². The fraction of sp³-hybridized carbons (Fsp3) is 0.364. The van der Waals surface area contributed by atoms with E-state index in [0.717, 1.165) is 16.7 Å². The van der Waals surface area contributed by atoms with Gasteiger partial charge in [-0.3, -0.25) is 14.4 Å². The number of nitrogens with zero attached hydrogens (tertiary/aromatic N) is 3. The summed E-state index contributed by atoms with van der Waals surface area (Å²) >= 11 is 0. The molecule has 0 spiro atoms. The first kappa shape index (κ1) is 33.2. The molecule has 0 saturated carbocycles. The summed E-state index contributed by atoms with van der Waals surface area (Å²) in [5.74, 6) is -2.11. The lowest BCUT2D eigenvalue weighted by molar-refractivity contribution is -0.310. The zero-order valence-corrected chi connectivity index (χ0v) is 25.2. The van der Waals surface area contributed by atoms with Gasteiger partial charge >= 0.3 is 17.9 Å². The minimum Gasteiger partial charge on any atom is -0.456 e. The van der Waals surface area contributed by atoms with Gasteiger partial charge in [-0.2, -0.15) is 0 Å². The summed E-state index contributed by atoms with van der Waals surface area (Å²) in [5, 5.41) is 3.47. The monoisotopic (exact) mass is 617 g/mol. The van der Waals surface area contributed by atoms with Crippen molar-refractivity contribution in [2.45, 2.75) is 57.1 Å². The molecular formula is C33H35N3O9. The lowest BCUT2D eigenvalue weighted by Gasteiger charge is -2.45. The molecule has 12 nitrogen and oxygen atoms in total. The largest absolute Gasteiger partial charge is 0.456 e. The van der Waals surface area contributed by atoms with Crippen LogP contribution in [0.3, 0.4) is 0 Å². The average molecular weight is 618 g/mol. The van der Waals surface area contributed by atoms with Gasteiger partial charge in [0, 0.05) is 32.2 Å². The van der Waals surface area contributed by atoms with E-state index in [2.05, 4.69) is 10.0 Å². The molecule has 1 saturated heterocycles. The predicted molar refractivity (Wildman–Crippen MR) is 160 cm³/mol. The van der Waals surface area contributed by atoms with Gasteiger partial charge in [-0.15, -0.1) is 0 Å². The molecule has 12 heteroatoms. The number of carbonyl (C=O) groups is 3. The van der Waals surface area contributed by atoms with Crippen molar-refractivity contribution in [3.05, 3.63) is 118 Å². The van der Waals surface area contributed by atoms with Gasteiger partial charge in [0.2, 0.25) is 0 Å². The van der Waals surface area contributed by atoms with E-state index in [1.807, 2.05) is 91.0 Å². The Hall–Kier alpha value is -4.74. The Morgan fingerprint density at radius 1 is 0.733 bits per heavy atom. The normalized spacial score (nSPS) is 21.2. The van der Waals surface area contributed by atoms with Crippen molar-refractivity contribution in [2.24, 2.45) is 5.11 Å². The summed E-state index contributed by atoms with van der Waals surface area (Å²) in [6, 6.07) is 28.9. The highest BCUT2D eigenvalue weighted by molar-refractivity contribution is 5.68. The van der Waals surface area contributed by atoms with E-state index in [1.165, 1.54) is 20.8 Å². The molecule has 0 unspecified atom stereocenters. The molecule has 0 bridgehead atoms. The lowest BCUT2D eigenvalue weighted by Crippen LogP contribution is -2.63. The smallest absolute Gasteiger partial charge is 0.303 e. The van der Waals surface area contributed by atoms with Crippen molar-refractivity contribution < 1.29 is 42.8 Å². The lowest BCUT2D eigenvalue weighted by atomic mass is 9.80. The minimum atomic E-state index is -1.32. The molecule has 0 N–H and O–H groups in total. The van der Waals surface area contributed by atoms with Crippen LogP contribution in [0.1, 0.15) is 37.5 Å². The van der Waals surface area contributed by atoms with E-state index in [9.17, 15) is 14.4 Å². The van der Waals surface area contributed by atoms with Crippen LogP contribution in [-0.4, -0.2) is 68.4 Å². The van der Waals surface area contributed by atoms with Crippen molar-refractivity contribution in [3.8, 4) is 0 Å². The number of hydrogen-bond donors (Lipinski definition) is 0. The maximum absolute atomic E-state index is 12.4. The quantitative estimate of drug-likeness (QED) is 0.0498. The summed E-state index contributed by atoms with van der Waals surface area (Å²) in [6.45, 7) is 3.21. The number of hydrogen-bond acceptors (Lipinski definition) is 10. The van der Waals surface area contributed by atoms with Gasteiger partial charge in [0.1, 0.15) is 11.7 Å². The van der Waals surface area contributed by atoms with Gasteiger partial charge in [0.15, 0.2) is 24.6 Å². The van der Waals surface area contributed by atoms with E-state index in [4.69, 9.17) is 34.0 Å². The predicted octanol–water partition coefficient (Wildman–Crippen LogP) is 4.84. The Morgan fingerprint density at radius 2 is 1.18 bits per heavy atom. The van der Waals surface area contributed by atoms with Gasteiger partial charge in [-0.25, -0.2) is 0 Å². The zero-order valence-electron chi connectivity index (χ0n) is 25.2. The molecule has 1 aliphatic heterocycles. The Labute approximate surface area is 260 Å². The van der Waals surface area contributed by atoms with E-state index >= 15 is 0 Å². The van der Waals surface area contributed by atoms with E-state index in [-0.39, 0.29) is 19.8 Å². The maximum atomic E-state index is 12.4. The summed E-state index contributed by atoms with van der Waals surface area (Å²) in [7, 11) is 0. The summed E-state index contributed by atoms with van der Waals surface area (Å²) in [6.07, 6.45) is -6.27. The summed E-state index contributed by atoms with van der Waals surface area (Å²) < 4.78 is 35.8. The number of azide groups is 1. The molecule has 3 aromatic rings. The van der Waals surface area contributed by atoms with Crippen molar-refractivity contribution in [2.75, 3.05) is 19.8 Å². The minimum absolute atomic E-state index is 0.0466. The molecular weight excluding hydrogens is 582 g/mol. The van der Waals surface area contributed by atoms with Crippen LogP contribution in [0.4, 0.5) is 0 Å². The van der Waals surface area contributed by atoms with Crippen molar-refractivity contribution >= 4 is 17.9 Å². The van der Waals surface area contributed by atoms with Gasteiger partial charge in [0.25, 0.3) is 0 Å². The molecule has 0 aliphatic carbocycles. The van der Waals surface area contributed by atoms with Crippen molar-refractivity contribution in [3.63, 3.8) is 0 Å². The van der Waals surface area contributed by atoms with Crippen LogP contribution < -0.4 is 0 Å². The molecule has 236 valence electrons. The third-order valence-corrected chi connectivity index (χ3v) is 7.04. The van der Waals surface area contributed by atoms with E-state index in [0.29, 0.717) is 0 Å². The molecule has 45 heavy (non-hydrogen) atoms. The standard InChI is InChI=1S/C33H35N3O9/c1-22(37)42-29-28(45-32(40-20-19-35-36-34)31(44-24(3)39)30(29)43-23(2)38)21-41-33(25-13-7-4-8-14-25,26-15-9-5-10-16-26)27-17-11-6-12-18-27/h4-18,28-32H,19-21H2,1-3H3/t28-,29-,30+,31-,32-/m1/s1. The second-order valence-electron chi connectivity index (χ2n) is 10.2. The molecule has 0 aromatic heterocycles. The second kappa shape index (κ2) is 15.8. The first-order valence-electron chi connectivity index (χ1n) is 14.4. The molecule has 1 aliphatic rings. The van der Waals surface area contributed by atoms with Crippen LogP contribution in [0.2, 0.25) is 0 Å². The highest BCUT2D eigenvalue weighted by Gasteiger charge is 2.53. The number of esters is 3. The summed E-state index contributed by atoms with van der Waals surface area (Å²) in [4.78, 5) is 39.5. The average Bonchev–Trinajstić information content (AvgIpc) is 3.03. The summed E-state index contributed by atoms with van der Waals surface area (Å²) in [5.41, 5.74) is 9.98. The van der Waals surface area contributed by atoms with Gasteiger partial charge in [-0.05, 0) is 22.2 Å². The van der Waals surface area contributed by atoms with Crippen LogP contribution in [0, 0.1) is 0 Å². The Balaban J connectivity index is 1.80. The number of carbonyl (C=O) groups excluding carboxylic acids is 3. The molecule has 1 heterocycles. The van der Waals surface area contributed by atoms with Gasteiger partial charge in [-0.1, -0.05) is 96.1 Å². The molecule has 3 aromatic carbocycles. The maximum Gasteiger partial charge on any atom is 0.303 e. The number of benzene rings is 3. The molecule has 0 radical (unpaired) electrons. The molecule has 4 rings (SSSR count). The Morgan fingerprint density at radius 3 is 1.62 bits per heavy atom. The Kier molecular flexibility index (Phi) is 11.7. The van der Waals surface area contributed by atoms with Gasteiger partial charge in [0.05, 0.1) is 13.2 Å². The second-order valence-corrected chi connectivity index (χ2v) is 10.2. The van der Waals surface area contributed by atoms with Crippen LogP contribution >= 0.6 is 0 Å². The third-order valence-electron chi connectivity index (χ3n) is 7.04. The highest BCUT2D eigenvalue weighted by atomic mass is 16.7. The van der Waals surface area contributed by atoms with Gasteiger partial charge < -0.3 is 28.4 Å². The topological polar surface area (TPSA) is 155 Å². The SMILES string of the molecule is CC(=O)O[C@@H]1[C@@H](OC(C)=O)[C@H](OCCN=[N+]=[N-])O[C@H](COC(c2ccccc2)(c2ccccc2)c2ccccc2)[C@H]1OC(C)=O. The van der Waals surface area contributed by atoms with Crippen molar-refractivity contribution in [1.29, 1.82) is 0 Å². The van der Waals surface area contributed by atoms with Crippen molar-refractivity contribution in [1.82, 2.24) is 0 Å². The number of ether oxygens (including phenoxy) is 6. The number of rotatable bonds is 13. The molecule has 0 amide bonds. The third kappa shape index (κ3) is 8.25. The first-order valence-corrected chi connectivity index (χ1v) is 14.4.